The lowest BCUT2D eigenvalue weighted by molar-refractivity contribution is -0.275. The summed E-state index contributed by atoms with van der Waals surface area (Å²) in [6.45, 7) is 1.53. The fraction of sp³-hybridized carbons (Fsp3) is 0.278. The van der Waals surface area contributed by atoms with Crippen molar-refractivity contribution in [2.75, 3.05) is 12.4 Å². The number of likely N-dealkylation sites (N-methyl/N-ethyl adjacent to an activating group) is 1. The average molecular weight is 388 g/mol. The summed E-state index contributed by atoms with van der Waals surface area (Å²) in [6.07, 6.45) is -4.83. The van der Waals surface area contributed by atoms with Crippen LogP contribution >= 0.6 is 0 Å². The molecule has 0 aliphatic carbocycles. The fourth-order valence-electron chi connectivity index (χ4n) is 2.29. The van der Waals surface area contributed by atoms with Crippen molar-refractivity contribution < 1.29 is 31.5 Å². The van der Waals surface area contributed by atoms with E-state index in [4.69, 9.17) is 0 Å². The Morgan fingerprint density at radius 3 is 2.44 bits per heavy atom. The van der Waals surface area contributed by atoms with Crippen LogP contribution in [0.15, 0.2) is 42.5 Å². The van der Waals surface area contributed by atoms with Gasteiger partial charge in [-0.25, -0.2) is 8.78 Å². The molecule has 0 spiro atoms. The van der Waals surface area contributed by atoms with Gasteiger partial charge in [0.05, 0.1) is 6.04 Å². The molecule has 0 saturated heterocycles. The van der Waals surface area contributed by atoms with E-state index >= 15 is 0 Å². The zero-order valence-electron chi connectivity index (χ0n) is 14.5. The molecule has 1 atom stereocenters. The van der Waals surface area contributed by atoms with Crippen LogP contribution in [0.5, 0.6) is 5.75 Å². The van der Waals surface area contributed by atoms with E-state index in [0.717, 1.165) is 12.1 Å². The highest BCUT2D eigenvalue weighted by atomic mass is 19.4. The molecular formula is C18H17F5N2O2. The molecule has 0 aromatic heterocycles. The second-order valence-electron chi connectivity index (χ2n) is 5.86. The van der Waals surface area contributed by atoms with E-state index in [9.17, 15) is 26.7 Å². The van der Waals surface area contributed by atoms with Crippen molar-refractivity contribution in [1.29, 1.82) is 0 Å². The fourth-order valence-corrected chi connectivity index (χ4v) is 2.29. The first-order chi connectivity index (χ1) is 12.6. The predicted octanol–water partition coefficient (Wildman–Crippen LogP) is 4.32. The van der Waals surface area contributed by atoms with Gasteiger partial charge >= 0.3 is 6.36 Å². The van der Waals surface area contributed by atoms with Crippen LogP contribution in [-0.2, 0) is 11.3 Å². The van der Waals surface area contributed by atoms with Crippen LogP contribution in [0.1, 0.15) is 12.5 Å². The minimum absolute atomic E-state index is 0.00137. The van der Waals surface area contributed by atoms with Gasteiger partial charge in [-0.05, 0) is 32.2 Å². The summed E-state index contributed by atoms with van der Waals surface area (Å²) in [5.41, 5.74) is 0.310. The summed E-state index contributed by atoms with van der Waals surface area (Å²) >= 11 is 0. The number of para-hydroxylation sites is 1. The van der Waals surface area contributed by atoms with Crippen LogP contribution in [-0.4, -0.2) is 30.3 Å². The monoisotopic (exact) mass is 388 g/mol. The number of carbonyl (C=O) groups is 1. The van der Waals surface area contributed by atoms with Gasteiger partial charge in [-0.1, -0.05) is 18.2 Å². The van der Waals surface area contributed by atoms with Crippen molar-refractivity contribution in [3.63, 3.8) is 0 Å². The molecule has 1 N–H and O–H groups in total. The van der Waals surface area contributed by atoms with E-state index in [1.54, 1.807) is 13.1 Å². The molecule has 0 aliphatic rings. The predicted molar refractivity (Wildman–Crippen MR) is 89.0 cm³/mol. The van der Waals surface area contributed by atoms with Gasteiger partial charge in [-0.3, -0.25) is 9.69 Å². The lowest BCUT2D eigenvalue weighted by Crippen LogP contribution is -2.39. The van der Waals surface area contributed by atoms with Gasteiger partial charge in [0.1, 0.15) is 5.75 Å². The summed E-state index contributed by atoms with van der Waals surface area (Å²) < 4.78 is 67.6. The summed E-state index contributed by atoms with van der Waals surface area (Å²) in [4.78, 5) is 13.8. The van der Waals surface area contributed by atoms with E-state index in [0.29, 0.717) is 0 Å². The molecule has 0 saturated carbocycles. The van der Waals surface area contributed by atoms with Crippen LogP contribution in [0.2, 0.25) is 0 Å². The van der Waals surface area contributed by atoms with E-state index in [1.807, 2.05) is 0 Å². The summed E-state index contributed by atoms with van der Waals surface area (Å²) in [7, 11) is 1.54. The zero-order chi connectivity index (χ0) is 20.2. The van der Waals surface area contributed by atoms with Crippen molar-refractivity contribution in [3.05, 3.63) is 59.7 Å². The maximum Gasteiger partial charge on any atom is 0.573 e. The van der Waals surface area contributed by atoms with Gasteiger partial charge in [-0.2, -0.15) is 0 Å². The number of hydrogen-bond donors (Lipinski definition) is 1. The maximum absolute atomic E-state index is 13.2. The highest BCUT2D eigenvalue weighted by Gasteiger charge is 2.32. The lowest BCUT2D eigenvalue weighted by Gasteiger charge is -2.25. The van der Waals surface area contributed by atoms with Gasteiger partial charge < -0.3 is 10.1 Å². The topological polar surface area (TPSA) is 41.6 Å². The Labute approximate surface area is 152 Å². The molecule has 0 aliphatic heterocycles. The molecule has 0 radical (unpaired) electrons. The molecule has 0 heterocycles. The number of halogens is 5. The summed E-state index contributed by atoms with van der Waals surface area (Å²) in [6, 6.07) is 7.76. The van der Waals surface area contributed by atoms with Crippen molar-refractivity contribution in [2.45, 2.75) is 25.9 Å². The normalized spacial score (nSPS) is 12.7. The van der Waals surface area contributed by atoms with Gasteiger partial charge in [0, 0.05) is 23.9 Å². The van der Waals surface area contributed by atoms with Crippen molar-refractivity contribution in [2.24, 2.45) is 0 Å². The number of benzene rings is 2. The molecule has 9 heteroatoms. The van der Waals surface area contributed by atoms with Crippen LogP contribution in [0.25, 0.3) is 0 Å². The van der Waals surface area contributed by atoms with Gasteiger partial charge in [0.25, 0.3) is 0 Å². The molecule has 0 fully saturated rings. The number of nitrogens with one attached hydrogen (secondary N) is 1. The molecule has 4 nitrogen and oxygen atoms in total. The van der Waals surface area contributed by atoms with Crippen molar-refractivity contribution >= 4 is 11.6 Å². The average Bonchev–Trinajstić information content (AvgIpc) is 2.58. The number of amides is 1. The first kappa shape index (κ1) is 20.6. The zero-order valence-corrected chi connectivity index (χ0v) is 14.5. The SMILES string of the molecule is CC(C(=O)Nc1ccc(F)c(F)c1)N(C)Cc1ccccc1OC(F)(F)F. The first-order valence-corrected chi connectivity index (χ1v) is 7.86. The van der Waals surface area contributed by atoms with E-state index in [-0.39, 0.29) is 23.5 Å². The Kier molecular flexibility index (Phi) is 6.37. The Hall–Kier alpha value is -2.68. The number of nitrogens with zero attached hydrogens (tertiary/aromatic N) is 1. The number of carbonyl (C=O) groups excluding carboxylic acids is 1. The standard InChI is InChI=1S/C18H17F5N2O2/c1-11(17(26)24-13-7-8-14(19)15(20)9-13)25(2)10-12-5-3-4-6-16(12)27-18(21,22)23/h3-9,11H,10H2,1-2H3,(H,24,26). The maximum atomic E-state index is 13.2. The highest BCUT2D eigenvalue weighted by Crippen LogP contribution is 2.27. The van der Waals surface area contributed by atoms with E-state index < -0.39 is 29.9 Å². The Morgan fingerprint density at radius 2 is 1.81 bits per heavy atom. The van der Waals surface area contributed by atoms with Crippen LogP contribution in [0, 0.1) is 11.6 Å². The Morgan fingerprint density at radius 1 is 1.15 bits per heavy atom. The molecule has 0 bridgehead atoms. The number of anilines is 1. The third-order valence-corrected chi connectivity index (χ3v) is 3.85. The molecule has 2 aromatic carbocycles. The first-order valence-electron chi connectivity index (χ1n) is 7.86. The molecular weight excluding hydrogens is 371 g/mol. The van der Waals surface area contributed by atoms with Gasteiger partial charge in [0.15, 0.2) is 11.6 Å². The number of alkyl halides is 3. The third kappa shape index (κ3) is 5.92. The largest absolute Gasteiger partial charge is 0.573 e. The minimum atomic E-state index is -4.83. The van der Waals surface area contributed by atoms with Crippen LogP contribution in [0.3, 0.4) is 0 Å². The number of rotatable bonds is 6. The molecule has 146 valence electrons. The van der Waals surface area contributed by atoms with Crippen LogP contribution < -0.4 is 10.1 Å². The Bertz CT molecular complexity index is 811. The van der Waals surface area contributed by atoms with E-state index in [1.165, 1.54) is 36.1 Å². The van der Waals surface area contributed by atoms with Gasteiger partial charge in [0.2, 0.25) is 5.91 Å². The number of hydrogen-bond acceptors (Lipinski definition) is 3. The van der Waals surface area contributed by atoms with E-state index in [2.05, 4.69) is 10.1 Å². The van der Waals surface area contributed by atoms with Gasteiger partial charge in [-0.15, -0.1) is 13.2 Å². The molecule has 2 aromatic rings. The quantitative estimate of drug-likeness (QED) is 0.750. The Balaban J connectivity index is 2.05. The minimum Gasteiger partial charge on any atom is -0.405 e. The molecule has 1 unspecified atom stereocenters. The lowest BCUT2D eigenvalue weighted by atomic mass is 10.1. The van der Waals surface area contributed by atoms with Crippen molar-refractivity contribution in [1.82, 2.24) is 4.90 Å². The van der Waals surface area contributed by atoms with Crippen LogP contribution in [0.4, 0.5) is 27.6 Å². The summed E-state index contributed by atoms with van der Waals surface area (Å²) in [5.74, 6) is -3.03. The van der Waals surface area contributed by atoms with Crippen molar-refractivity contribution in [3.8, 4) is 5.75 Å². The molecule has 27 heavy (non-hydrogen) atoms. The molecule has 1 amide bonds. The molecule has 2 rings (SSSR count). The second kappa shape index (κ2) is 8.34. The third-order valence-electron chi connectivity index (χ3n) is 3.85. The summed E-state index contributed by atoms with van der Waals surface area (Å²) in [5, 5.41) is 2.43. The smallest absolute Gasteiger partial charge is 0.405 e. The number of ether oxygens (including phenoxy) is 1. The highest BCUT2D eigenvalue weighted by molar-refractivity contribution is 5.94. The second-order valence-corrected chi connectivity index (χ2v) is 5.86.